The summed E-state index contributed by atoms with van der Waals surface area (Å²) in [6.07, 6.45) is 0.858. The fraction of sp³-hybridized carbons (Fsp3) is 0.250. The van der Waals surface area contributed by atoms with Crippen LogP contribution in [0.3, 0.4) is 0 Å². The molecule has 8 heteroatoms. The van der Waals surface area contributed by atoms with E-state index in [9.17, 15) is 0 Å². The van der Waals surface area contributed by atoms with E-state index < -0.39 is 0 Å². The molecule has 0 radical (unpaired) electrons. The van der Waals surface area contributed by atoms with Crippen LogP contribution in [0.1, 0.15) is 23.9 Å². The lowest BCUT2D eigenvalue weighted by Gasteiger charge is -2.27. The van der Waals surface area contributed by atoms with E-state index in [0.717, 1.165) is 23.3 Å². The van der Waals surface area contributed by atoms with Gasteiger partial charge in [0.2, 0.25) is 11.7 Å². The van der Waals surface area contributed by atoms with E-state index in [1.807, 2.05) is 30.3 Å². The maximum atomic E-state index is 6.02. The predicted octanol–water partition coefficient (Wildman–Crippen LogP) is 3.58. The fourth-order valence-corrected chi connectivity index (χ4v) is 3.27. The molecule has 28 heavy (non-hydrogen) atoms. The smallest absolute Gasteiger partial charge is 0.246 e. The Kier molecular flexibility index (Phi) is 5.43. The molecule has 3 aromatic rings. The summed E-state index contributed by atoms with van der Waals surface area (Å²) in [5.74, 6) is 2.53. The first kappa shape index (κ1) is 18.3. The van der Waals surface area contributed by atoms with E-state index in [1.54, 1.807) is 19.2 Å². The standard InChI is InChI=1S/C20H20ClN5O2/c1-22-20(24-16-9-10-27-17-8-3-2-7-15(16)17)23-12-18-25-19(26-28-18)13-5-4-6-14(21)11-13/h2-8,11,16H,9-10,12H2,1H3,(H2,22,23,24). The van der Waals surface area contributed by atoms with Crippen molar-refractivity contribution in [1.82, 2.24) is 20.8 Å². The fourth-order valence-electron chi connectivity index (χ4n) is 3.08. The van der Waals surface area contributed by atoms with E-state index >= 15 is 0 Å². The summed E-state index contributed by atoms with van der Waals surface area (Å²) in [6.45, 7) is 1.02. The van der Waals surface area contributed by atoms with Crippen molar-refractivity contribution in [3.63, 3.8) is 0 Å². The van der Waals surface area contributed by atoms with Gasteiger partial charge in [-0.15, -0.1) is 0 Å². The molecular formula is C20H20ClN5O2. The normalized spacial score (nSPS) is 16.2. The van der Waals surface area contributed by atoms with Crippen LogP contribution < -0.4 is 15.4 Å². The lowest BCUT2D eigenvalue weighted by molar-refractivity contribution is 0.261. The van der Waals surface area contributed by atoms with Crippen LogP contribution in [0.25, 0.3) is 11.4 Å². The first-order chi connectivity index (χ1) is 13.7. The van der Waals surface area contributed by atoms with Crippen molar-refractivity contribution in [2.24, 2.45) is 4.99 Å². The molecule has 2 aromatic carbocycles. The predicted molar refractivity (Wildman–Crippen MR) is 107 cm³/mol. The lowest BCUT2D eigenvalue weighted by atomic mass is 10.0. The summed E-state index contributed by atoms with van der Waals surface area (Å²) in [6, 6.07) is 15.5. The highest BCUT2D eigenvalue weighted by Crippen LogP contribution is 2.31. The average molecular weight is 398 g/mol. The molecule has 1 unspecified atom stereocenters. The molecule has 144 valence electrons. The van der Waals surface area contributed by atoms with Gasteiger partial charge in [0.05, 0.1) is 19.2 Å². The summed E-state index contributed by atoms with van der Waals surface area (Å²) in [4.78, 5) is 8.70. The largest absolute Gasteiger partial charge is 0.493 e. The number of aliphatic imine (C=N–C) groups is 1. The summed E-state index contributed by atoms with van der Waals surface area (Å²) in [7, 11) is 1.73. The van der Waals surface area contributed by atoms with Crippen molar-refractivity contribution in [3.05, 3.63) is 65.0 Å². The number of aromatic nitrogens is 2. The van der Waals surface area contributed by atoms with Crippen molar-refractivity contribution in [3.8, 4) is 17.1 Å². The molecule has 0 saturated heterocycles. The molecule has 0 saturated carbocycles. The number of ether oxygens (including phenoxy) is 1. The highest BCUT2D eigenvalue weighted by molar-refractivity contribution is 6.30. The third-order valence-corrected chi connectivity index (χ3v) is 4.69. The Morgan fingerprint density at radius 1 is 1.25 bits per heavy atom. The highest BCUT2D eigenvalue weighted by Gasteiger charge is 2.22. The number of hydrogen-bond acceptors (Lipinski definition) is 5. The molecule has 1 atom stereocenters. The maximum absolute atomic E-state index is 6.02. The summed E-state index contributed by atoms with van der Waals surface area (Å²) in [5.41, 5.74) is 1.93. The molecule has 7 nitrogen and oxygen atoms in total. The molecule has 0 aliphatic carbocycles. The van der Waals surface area contributed by atoms with E-state index in [2.05, 4.69) is 31.8 Å². The zero-order valence-corrected chi connectivity index (χ0v) is 16.1. The SMILES string of the molecule is CN=C(NCc1nc(-c2cccc(Cl)c2)no1)NC1CCOc2ccccc21. The monoisotopic (exact) mass is 397 g/mol. The van der Waals surface area contributed by atoms with Crippen LogP contribution >= 0.6 is 11.6 Å². The number of rotatable bonds is 4. The van der Waals surface area contributed by atoms with Gasteiger partial charge in [-0.1, -0.05) is 47.1 Å². The van der Waals surface area contributed by atoms with Crippen LogP contribution in [0.15, 0.2) is 58.0 Å². The molecule has 2 heterocycles. The van der Waals surface area contributed by atoms with E-state index in [4.69, 9.17) is 20.9 Å². The van der Waals surface area contributed by atoms with Crippen molar-refractivity contribution in [2.45, 2.75) is 19.0 Å². The molecule has 1 aromatic heterocycles. The summed E-state index contributed by atoms with van der Waals surface area (Å²) >= 11 is 6.02. The molecule has 2 N–H and O–H groups in total. The third kappa shape index (κ3) is 4.09. The number of nitrogens with one attached hydrogen (secondary N) is 2. The second-order valence-corrected chi connectivity index (χ2v) is 6.76. The number of hydrogen-bond donors (Lipinski definition) is 2. The van der Waals surface area contributed by atoms with Gasteiger partial charge < -0.3 is 19.9 Å². The average Bonchev–Trinajstić information content (AvgIpc) is 3.20. The number of benzene rings is 2. The van der Waals surface area contributed by atoms with Gasteiger partial charge >= 0.3 is 0 Å². The van der Waals surface area contributed by atoms with Crippen LogP contribution in [0.2, 0.25) is 5.02 Å². The summed E-state index contributed by atoms with van der Waals surface area (Å²) < 4.78 is 11.0. The van der Waals surface area contributed by atoms with Crippen molar-refractivity contribution < 1.29 is 9.26 Å². The van der Waals surface area contributed by atoms with Gasteiger partial charge in [-0.3, -0.25) is 4.99 Å². The van der Waals surface area contributed by atoms with Crippen LogP contribution in [0, 0.1) is 0 Å². The zero-order chi connectivity index (χ0) is 19.3. The van der Waals surface area contributed by atoms with Gasteiger partial charge in [-0.2, -0.15) is 4.98 Å². The van der Waals surface area contributed by atoms with Crippen molar-refractivity contribution >= 4 is 17.6 Å². The molecule has 0 spiro atoms. The van der Waals surface area contributed by atoms with Gasteiger partial charge in [-0.25, -0.2) is 0 Å². The van der Waals surface area contributed by atoms with Crippen LogP contribution in [0.5, 0.6) is 5.75 Å². The quantitative estimate of drug-likeness (QED) is 0.517. The Balaban J connectivity index is 1.39. The third-order valence-electron chi connectivity index (χ3n) is 4.45. The zero-order valence-electron chi connectivity index (χ0n) is 15.4. The van der Waals surface area contributed by atoms with E-state index in [-0.39, 0.29) is 6.04 Å². The Labute approximate surface area is 167 Å². The molecular weight excluding hydrogens is 378 g/mol. The van der Waals surface area contributed by atoms with Crippen LogP contribution in [-0.4, -0.2) is 29.8 Å². The first-order valence-corrected chi connectivity index (χ1v) is 9.38. The minimum atomic E-state index is 0.126. The van der Waals surface area contributed by atoms with E-state index in [0.29, 0.717) is 35.8 Å². The second kappa shape index (κ2) is 8.31. The van der Waals surface area contributed by atoms with Crippen LogP contribution in [-0.2, 0) is 6.54 Å². The molecule has 4 rings (SSSR count). The summed E-state index contributed by atoms with van der Waals surface area (Å²) in [5, 5.41) is 11.3. The molecule has 0 fully saturated rings. The molecule has 1 aliphatic rings. The first-order valence-electron chi connectivity index (χ1n) is 9.00. The van der Waals surface area contributed by atoms with E-state index in [1.165, 1.54) is 0 Å². The minimum absolute atomic E-state index is 0.126. The Morgan fingerprint density at radius 2 is 2.14 bits per heavy atom. The Morgan fingerprint density at radius 3 is 3.00 bits per heavy atom. The number of para-hydroxylation sites is 1. The van der Waals surface area contributed by atoms with Gasteiger partial charge in [0.15, 0.2) is 5.96 Å². The number of halogens is 1. The second-order valence-electron chi connectivity index (χ2n) is 6.32. The topological polar surface area (TPSA) is 84.6 Å². The van der Waals surface area contributed by atoms with Crippen molar-refractivity contribution in [2.75, 3.05) is 13.7 Å². The van der Waals surface area contributed by atoms with Gasteiger partial charge in [0, 0.05) is 29.6 Å². The van der Waals surface area contributed by atoms with Crippen molar-refractivity contribution in [1.29, 1.82) is 0 Å². The van der Waals surface area contributed by atoms with Gasteiger partial charge in [-0.05, 0) is 18.2 Å². The minimum Gasteiger partial charge on any atom is -0.493 e. The number of fused-ring (bicyclic) bond motifs is 1. The van der Waals surface area contributed by atoms with Gasteiger partial charge in [0.1, 0.15) is 5.75 Å². The molecule has 0 amide bonds. The maximum Gasteiger partial charge on any atom is 0.246 e. The highest BCUT2D eigenvalue weighted by atomic mass is 35.5. The Hall–Kier alpha value is -3.06. The number of nitrogens with zero attached hydrogens (tertiary/aromatic N) is 3. The molecule has 0 bridgehead atoms. The lowest BCUT2D eigenvalue weighted by Crippen LogP contribution is -2.40. The molecule has 1 aliphatic heterocycles. The number of guanidine groups is 1. The Bertz CT molecular complexity index is 988. The van der Waals surface area contributed by atoms with Crippen LogP contribution in [0.4, 0.5) is 0 Å². The van der Waals surface area contributed by atoms with Gasteiger partial charge in [0.25, 0.3) is 0 Å².